The first-order chi connectivity index (χ1) is 30.2. The van der Waals surface area contributed by atoms with Gasteiger partial charge in [-0.2, -0.15) is 26.3 Å². The van der Waals surface area contributed by atoms with Crippen LogP contribution in [0.15, 0.2) is 51.1 Å². The van der Waals surface area contributed by atoms with Crippen LogP contribution in [0.3, 0.4) is 0 Å². The second-order valence-corrected chi connectivity index (χ2v) is 22.4. The average Bonchev–Trinajstić information content (AvgIpc) is 3.60. The summed E-state index contributed by atoms with van der Waals surface area (Å²) in [5.74, 6) is -18.0. The molecule has 0 aromatic heterocycles. The van der Waals surface area contributed by atoms with Crippen LogP contribution in [0.5, 0.6) is 0 Å². The van der Waals surface area contributed by atoms with E-state index in [-0.39, 0.29) is 24.5 Å². The second kappa shape index (κ2) is 17.3. The van der Waals surface area contributed by atoms with Crippen LogP contribution in [0.4, 0.5) is 55.3 Å². The molecule has 0 unspecified atom stereocenters. The van der Waals surface area contributed by atoms with Crippen LogP contribution in [0.2, 0.25) is 0 Å². The molecule has 0 spiro atoms. The fourth-order valence-corrected chi connectivity index (χ4v) is 11.3. The third-order valence-electron chi connectivity index (χ3n) is 11.7. The van der Waals surface area contributed by atoms with Crippen molar-refractivity contribution in [3.8, 4) is 0 Å². The lowest BCUT2D eigenvalue weighted by molar-refractivity contribution is -0.143. The van der Waals surface area contributed by atoms with E-state index >= 15 is 0 Å². The second-order valence-electron chi connectivity index (χ2n) is 16.5. The summed E-state index contributed by atoms with van der Waals surface area (Å²) in [6, 6.07) is 5.90. The molecule has 364 valence electrons. The smallest absolute Gasteiger partial charge is 0.344 e. The molecule has 3 aromatic carbocycles. The van der Waals surface area contributed by atoms with Crippen LogP contribution in [0.25, 0.3) is 0 Å². The number of carbonyl (C=O) groups is 2. The molecule has 2 heterocycles. The normalized spacial score (nSPS) is 26.4. The number of Topliss-reactive ketones (excluding diaryl/α,β-unsaturated/α-hetero) is 2. The summed E-state index contributed by atoms with van der Waals surface area (Å²) in [5.41, 5.74) is -4.58. The molecule has 2 saturated heterocycles. The van der Waals surface area contributed by atoms with E-state index in [1.54, 1.807) is 4.90 Å². The fourth-order valence-electron chi connectivity index (χ4n) is 8.58. The molecule has 13 nitrogen and oxygen atoms in total. The Labute approximate surface area is 370 Å². The Morgan fingerprint density at radius 2 is 0.924 bits per heavy atom. The number of ketones is 2. The first kappa shape index (κ1) is 51.0. The van der Waals surface area contributed by atoms with Crippen LogP contribution in [0, 0.1) is 5.82 Å². The third kappa shape index (κ3) is 8.80. The van der Waals surface area contributed by atoms with Crippen molar-refractivity contribution in [2.24, 2.45) is 0 Å². The molecule has 66 heavy (non-hydrogen) atoms. The first-order valence-corrected chi connectivity index (χ1v) is 25.3. The highest BCUT2D eigenvalue weighted by Crippen LogP contribution is 2.57. The zero-order valence-corrected chi connectivity index (χ0v) is 37.0. The molecule has 8 rings (SSSR count). The summed E-state index contributed by atoms with van der Waals surface area (Å²) in [7, 11) is -11.9. The number of anilines is 2. The lowest BCUT2D eigenvalue weighted by Gasteiger charge is -2.33. The van der Waals surface area contributed by atoms with E-state index in [0.29, 0.717) is 57.2 Å². The van der Waals surface area contributed by atoms with Crippen molar-refractivity contribution in [3.63, 3.8) is 0 Å². The Balaban J connectivity index is 0.000000166. The van der Waals surface area contributed by atoms with Gasteiger partial charge in [0, 0.05) is 78.6 Å². The highest BCUT2D eigenvalue weighted by atomic mass is 32.2. The van der Waals surface area contributed by atoms with Gasteiger partial charge in [-0.05, 0) is 62.1 Å². The zero-order valence-electron chi connectivity index (χ0n) is 34.6. The van der Waals surface area contributed by atoms with Crippen LogP contribution < -0.4 is 9.80 Å². The number of sulfone groups is 3. The molecule has 0 saturated carbocycles. The number of hydrogen-bond donors (Lipinski definition) is 3. The van der Waals surface area contributed by atoms with Gasteiger partial charge in [0.2, 0.25) is 11.6 Å². The van der Waals surface area contributed by atoms with Gasteiger partial charge in [0.1, 0.15) is 11.9 Å². The molecular formula is C40H40F10N2O11S3. The molecule has 0 radical (unpaired) electrons. The highest BCUT2D eigenvalue weighted by Gasteiger charge is 2.61. The number of benzene rings is 3. The number of rotatable bonds is 5. The maximum absolute atomic E-state index is 14.4. The molecule has 26 heteroatoms. The Morgan fingerprint density at radius 3 is 1.35 bits per heavy atom. The van der Waals surface area contributed by atoms with E-state index in [9.17, 15) is 94.1 Å². The van der Waals surface area contributed by atoms with Crippen LogP contribution in [-0.2, 0) is 29.5 Å². The number of β-amino-alcohol motifs (C(OH)–C–C–N with tert-alkyl or cyclic N) is 2. The van der Waals surface area contributed by atoms with Crippen molar-refractivity contribution in [2.75, 3.05) is 54.7 Å². The molecule has 2 aliphatic heterocycles. The van der Waals surface area contributed by atoms with Crippen LogP contribution in [0.1, 0.15) is 93.3 Å². The number of aliphatic hydroxyl groups is 3. The Kier molecular flexibility index (Phi) is 13.4. The first-order valence-electron chi connectivity index (χ1n) is 19.6. The van der Waals surface area contributed by atoms with Gasteiger partial charge in [-0.15, -0.1) is 0 Å². The van der Waals surface area contributed by atoms with Crippen molar-refractivity contribution >= 4 is 52.5 Å². The Morgan fingerprint density at radius 1 is 0.545 bits per heavy atom. The molecule has 6 atom stereocenters. The van der Waals surface area contributed by atoms with Crippen LogP contribution in [-0.4, -0.2) is 127 Å². The van der Waals surface area contributed by atoms with E-state index in [2.05, 4.69) is 0 Å². The quantitative estimate of drug-likeness (QED) is 0.208. The number of alkyl halides is 9. The van der Waals surface area contributed by atoms with E-state index in [1.165, 1.54) is 17.0 Å². The monoisotopic (exact) mass is 1010 g/mol. The third-order valence-corrected chi connectivity index (χ3v) is 15.1. The number of fused-ring (bicyclic) bond motifs is 3. The number of nitrogens with zero attached hydrogens (tertiary/aromatic N) is 2. The van der Waals surface area contributed by atoms with E-state index in [0.717, 1.165) is 24.6 Å². The predicted octanol–water partition coefficient (Wildman–Crippen LogP) is 5.71. The Bertz CT molecular complexity index is 2830. The Hall–Kier alpha value is -4.37. The minimum Gasteiger partial charge on any atom is -0.391 e. The van der Waals surface area contributed by atoms with Crippen molar-refractivity contribution in [1.29, 1.82) is 0 Å². The fraction of sp³-hybridized carbons (Fsp3) is 0.500. The minimum absolute atomic E-state index is 0.0363. The van der Waals surface area contributed by atoms with Gasteiger partial charge < -0.3 is 25.1 Å². The molecule has 2 fully saturated rings. The maximum Gasteiger partial charge on any atom is 0.344 e. The predicted molar refractivity (Wildman–Crippen MR) is 214 cm³/mol. The lowest BCUT2D eigenvalue weighted by Crippen LogP contribution is -2.39. The largest absolute Gasteiger partial charge is 0.391 e. The highest BCUT2D eigenvalue weighted by molar-refractivity contribution is 7.91. The maximum atomic E-state index is 14.4. The van der Waals surface area contributed by atoms with Crippen LogP contribution >= 0.6 is 0 Å². The van der Waals surface area contributed by atoms with Gasteiger partial charge in [-0.3, -0.25) is 9.59 Å². The van der Waals surface area contributed by atoms with Gasteiger partial charge in [-0.25, -0.2) is 42.8 Å². The standard InChI is InChI=1S/C15H18F3NO4S.C15H16F3NO4S.C10H6F4O3S/c2*1-24(22,23)10-5-4-9(19-6-2-3-8(20)7-19)11-12(10)14(21)15(17,18)13(11)16;1-18(16,17)5-3-2-4(11)6-7(5)9(15)10(13,14)8(6)12/h4-5,8,13-14,20-21H,2-3,6-7H2,1H3;4-5,8,13,20H,2-3,6-7H2,1H3;2-3,8H,1H3/t8-,13+,14-;8-,13+;8-/m001/s1. The van der Waals surface area contributed by atoms with Crippen molar-refractivity contribution < 1.29 is 94.1 Å². The van der Waals surface area contributed by atoms with Gasteiger partial charge in [-0.1, -0.05) is 0 Å². The molecule has 0 bridgehead atoms. The summed E-state index contributed by atoms with van der Waals surface area (Å²) < 4.78 is 208. The molecule has 5 aliphatic rings. The van der Waals surface area contributed by atoms with Crippen molar-refractivity contribution in [2.45, 2.75) is 95.0 Å². The molecular weight excluding hydrogens is 971 g/mol. The number of halogens is 10. The number of carbonyl (C=O) groups excluding carboxylic acids is 2. The topological polar surface area (TPSA) is 204 Å². The van der Waals surface area contributed by atoms with E-state index in [1.807, 2.05) is 0 Å². The SMILES string of the molecule is CS(=O)(=O)c1ccc(F)c2c1C(=O)C(F)(F)[C@@H]2F.CS(=O)(=O)c1ccc(N2CCC[C@H](O)C2)c2c1C(=O)C(F)(F)[C@@H]2F.CS(=O)(=O)c1ccc(N2CCC[C@H](O)C2)c2c1[C@H](O)C(F)(F)[C@@H]2F. The number of hydrogen-bond acceptors (Lipinski definition) is 13. The summed E-state index contributed by atoms with van der Waals surface area (Å²) >= 11 is 0. The zero-order chi connectivity index (χ0) is 49.6. The molecule has 0 amide bonds. The van der Waals surface area contributed by atoms with Gasteiger partial charge in [0.25, 0.3) is 0 Å². The molecule has 3 aromatic rings. The van der Waals surface area contributed by atoms with Gasteiger partial charge in [0.15, 0.2) is 48.0 Å². The van der Waals surface area contributed by atoms with Gasteiger partial charge >= 0.3 is 17.8 Å². The average molecular weight is 1010 g/mol. The summed E-state index contributed by atoms with van der Waals surface area (Å²) in [6.45, 7) is 1.07. The van der Waals surface area contributed by atoms with E-state index in [4.69, 9.17) is 0 Å². The van der Waals surface area contributed by atoms with E-state index < -0.39 is 150 Å². The molecule has 3 aliphatic carbocycles. The lowest BCUT2D eigenvalue weighted by atomic mass is 10.0. The summed E-state index contributed by atoms with van der Waals surface area (Å²) in [6.07, 6.45) is -8.24. The summed E-state index contributed by atoms with van der Waals surface area (Å²) in [5, 5.41) is 29.4. The summed E-state index contributed by atoms with van der Waals surface area (Å²) in [4.78, 5) is 24.5. The molecule has 3 N–H and O–H groups in total. The number of aliphatic hydroxyl groups excluding tert-OH is 3. The van der Waals surface area contributed by atoms with Gasteiger partial charge in [0.05, 0.1) is 38.0 Å². The van der Waals surface area contributed by atoms with Crippen molar-refractivity contribution in [1.82, 2.24) is 0 Å². The minimum atomic E-state index is -4.44. The number of piperidine rings is 2. The van der Waals surface area contributed by atoms with Crippen molar-refractivity contribution in [3.05, 3.63) is 75.6 Å².